The van der Waals surface area contributed by atoms with Gasteiger partial charge in [-0.15, -0.1) is 0 Å². The van der Waals surface area contributed by atoms with Crippen LogP contribution in [0.15, 0.2) is 67.7 Å². The Bertz CT molecular complexity index is 1040. The fourth-order valence-corrected chi connectivity index (χ4v) is 3.55. The predicted octanol–water partition coefficient (Wildman–Crippen LogP) is 3.29. The van der Waals surface area contributed by atoms with Crippen molar-refractivity contribution in [2.45, 2.75) is 9.79 Å². The summed E-state index contributed by atoms with van der Waals surface area (Å²) in [5, 5.41) is 0.572. The van der Waals surface area contributed by atoms with Crippen molar-refractivity contribution in [3.05, 3.63) is 64.0 Å². The van der Waals surface area contributed by atoms with Crippen molar-refractivity contribution >= 4 is 32.4 Å². The number of fused-ring (bicyclic) bond motifs is 1. The van der Waals surface area contributed by atoms with Crippen molar-refractivity contribution in [3.8, 4) is 5.75 Å². The molecular weight excluding hydrogens is 340 g/mol. The molecule has 3 aromatic rings. The summed E-state index contributed by atoms with van der Waals surface area (Å²) in [6.07, 6.45) is 0.952. The Hall–Kier alpha value is -2.31. The predicted molar refractivity (Wildman–Crippen MR) is 85.9 cm³/mol. The Balaban J connectivity index is 2.22. The molecule has 118 valence electrons. The number of benzene rings is 2. The molecule has 0 amide bonds. The first kappa shape index (κ1) is 15.6. The molecular formula is C16H11ClO5S. The van der Waals surface area contributed by atoms with Gasteiger partial charge in [0.25, 0.3) is 0 Å². The number of sulfone groups is 1. The van der Waals surface area contributed by atoms with Gasteiger partial charge < -0.3 is 9.15 Å². The van der Waals surface area contributed by atoms with Crippen molar-refractivity contribution < 1.29 is 17.6 Å². The van der Waals surface area contributed by atoms with Crippen LogP contribution in [0.5, 0.6) is 5.75 Å². The van der Waals surface area contributed by atoms with E-state index in [1.807, 2.05) is 0 Å². The fourth-order valence-electron chi connectivity index (χ4n) is 2.14. The molecule has 0 saturated heterocycles. The SMILES string of the molecule is COc1ccc2c(=O)c(S(=O)(=O)c3ccc(Cl)cc3)coc2c1. The second-order valence-corrected chi connectivity index (χ2v) is 7.10. The number of methoxy groups -OCH3 is 1. The number of halogens is 1. The second-order valence-electron chi connectivity index (χ2n) is 4.75. The van der Waals surface area contributed by atoms with E-state index in [2.05, 4.69) is 0 Å². The Morgan fingerprint density at radius 3 is 2.43 bits per heavy atom. The van der Waals surface area contributed by atoms with Gasteiger partial charge in [0, 0.05) is 11.1 Å². The van der Waals surface area contributed by atoms with Crippen LogP contribution in [-0.2, 0) is 9.84 Å². The van der Waals surface area contributed by atoms with E-state index in [4.69, 9.17) is 20.8 Å². The summed E-state index contributed by atoms with van der Waals surface area (Å²) < 4.78 is 35.6. The molecule has 3 rings (SSSR count). The average molecular weight is 351 g/mol. The van der Waals surface area contributed by atoms with E-state index in [9.17, 15) is 13.2 Å². The zero-order chi connectivity index (χ0) is 16.6. The van der Waals surface area contributed by atoms with Gasteiger partial charge in [-0.2, -0.15) is 0 Å². The van der Waals surface area contributed by atoms with Gasteiger partial charge in [-0.05, 0) is 36.4 Å². The summed E-state index contributed by atoms with van der Waals surface area (Å²) in [4.78, 5) is 12.1. The number of hydrogen-bond donors (Lipinski definition) is 0. The standard InChI is InChI=1S/C16H11ClO5S/c1-21-11-4-7-13-14(8-11)22-9-15(16(13)18)23(19,20)12-5-2-10(17)3-6-12/h2-9H,1H3. The number of rotatable bonds is 3. The molecule has 0 unspecified atom stereocenters. The minimum atomic E-state index is -3.99. The van der Waals surface area contributed by atoms with Gasteiger partial charge in [-0.3, -0.25) is 4.79 Å². The maximum atomic E-state index is 12.6. The third kappa shape index (κ3) is 2.71. The summed E-state index contributed by atoms with van der Waals surface area (Å²) in [7, 11) is -2.50. The Morgan fingerprint density at radius 2 is 1.78 bits per heavy atom. The normalized spacial score (nSPS) is 11.6. The minimum Gasteiger partial charge on any atom is -0.497 e. The third-order valence-corrected chi connectivity index (χ3v) is 5.37. The summed E-state index contributed by atoms with van der Waals surface area (Å²) in [6, 6.07) is 10.1. The molecule has 5 nitrogen and oxygen atoms in total. The molecule has 0 spiro atoms. The maximum Gasteiger partial charge on any atom is 0.213 e. The van der Waals surface area contributed by atoms with Crippen LogP contribution in [0.1, 0.15) is 0 Å². The van der Waals surface area contributed by atoms with Crippen LogP contribution >= 0.6 is 11.6 Å². The smallest absolute Gasteiger partial charge is 0.213 e. The van der Waals surface area contributed by atoms with Crippen LogP contribution in [0.3, 0.4) is 0 Å². The highest BCUT2D eigenvalue weighted by molar-refractivity contribution is 7.91. The second kappa shape index (κ2) is 5.72. The van der Waals surface area contributed by atoms with Gasteiger partial charge in [-0.25, -0.2) is 8.42 Å². The quantitative estimate of drug-likeness (QED) is 0.724. The van der Waals surface area contributed by atoms with Crippen LogP contribution in [0.4, 0.5) is 0 Å². The molecule has 0 saturated carbocycles. The van der Waals surface area contributed by atoms with E-state index in [0.29, 0.717) is 10.8 Å². The molecule has 0 N–H and O–H groups in total. The molecule has 0 aliphatic rings. The van der Waals surface area contributed by atoms with E-state index in [0.717, 1.165) is 6.26 Å². The molecule has 1 heterocycles. The lowest BCUT2D eigenvalue weighted by atomic mass is 10.2. The lowest BCUT2D eigenvalue weighted by molar-refractivity contribution is 0.414. The van der Waals surface area contributed by atoms with E-state index >= 15 is 0 Å². The van der Waals surface area contributed by atoms with Crippen molar-refractivity contribution in [1.82, 2.24) is 0 Å². The van der Waals surface area contributed by atoms with Gasteiger partial charge in [0.2, 0.25) is 15.3 Å². The molecule has 0 radical (unpaired) electrons. The van der Waals surface area contributed by atoms with E-state index in [1.54, 1.807) is 6.07 Å². The van der Waals surface area contributed by atoms with Crippen LogP contribution in [0, 0.1) is 0 Å². The van der Waals surface area contributed by atoms with Gasteiger partial charge in [0.05, 0.1) is 17.4 Å². The van der Waals surface area contributed by atoms with Crippen LogP contribution in [0.25, 0.3) is 11.0 Å². The fraction of sp³-hybridized carbons (Fsp3) is 0.0625. The van der Waals surface area contributed by atoms with E-state index in [1.165, 1.54) is 43.5 Å². The first-order valence-electron chi connectivity index (χ1n) is 6.53. The van der Waals surface area contributed by atoms with Crippen LogP contribution in [-0.4, -0.2) is 15.5 Å². The van der Waals surface area contributed by atoms with Gasteiger partial charge in [0.1, 0.15) is 17.6 Å². The summed E-state index contributed by atoms with van der Waals surface area (Å²) >= 11 is 5.76. The highest BCUT2D eigenvalue weighted by Gasteiger charge is 2.23. The topological polar surface area (TPSA) is 73.6 Å². The van der Waals surface area contributed by atoms with Gasteiger partial charge in [-0.1, -0.05) is 11.6 Å². The Labute approximate surface area is 137 Å². The maximum absolute atomic E-state index is 12.6. The monoisotopic (exact) mass is 350 g/mol. The van der Waals surface area contributed by atoms with Crippen molar-refractivity contribution in [2.75, 3.05) is 7.11 Å². The summed E-state index contributed by atoms with van der Waals surface area (Å²) in [6.45, 7) is 0. The highest BCUT2D eigenvalue weighted by atomic mass is 35.5. The Kier molecular flexibility index (Phi) is 3.87. The zero-order valence-electron chi connectivity index (χ0n) is 11.9. The van der Waals surface area contributed by atoms with Gasteiger partial charge in [0.15, 0.2) is 4.90 Å². The molecule has 2 aromatic carbocycles. The van der Waals surface area contributed by atoms with Crippen LogP contribution < -0.4 is 10.2 Å². The summed E-state index contributed by atoms with van der Waals surface area (Å²) in [5.74, 6) is 0.508. The average Bonchev–Trinajstić information content (AvgIpc) is 2.55. The molecule has 1 aromatic heterocycles. The first-order valence-corrected chi connectivity index (χ1v) is 8.40. The van der Waals surface area contributed by atoms with E-state index in [-0.39, 0.29) is 15.9 Å². The molecule has 0 aliphatic heterocycles. The largest absolute Gasteiger partial charge is 0.497 e. The first-order chi connectivity index (χ1) is 10.9. The highest BCUT2D eigenvalue weighted by Crippen LogP contribution is 2.24. The van der Waals surface area contributed by atoms with Crippen molar-refractivity contribution in [2.24, 2.45) is 0 Å². The lowest BCUT2D eigenvalue weighted by Gasteiger charge is -2.06. The van der Waals surface area contributed by atoms with Crippen LogP contribution in [0.2, 0.25) is 5.02 Å². The van der Waals surface area contributed by atoms with Gasteiger partial charge >= 0.3 is 0 Å². The number of hydrogen-bond acceptors (Lipinski definition) is 5. The van der Waals surface area contributed by atoms with Crippen molar-refractivity contribution in [3.63, 3.8) is 0 Å². The Morgan fingerprint density at radius 1 is 1.09 bits per heavy atom. The lowest BCUT2D eigenvalue weighted by Crippen LogP contribution is -2.15. The number of ether oxygens (including phenoxy) is 1. The molecule has 0 atom stereocenters. The molecule has 0 fully saturated rings. The molecule has 0 bridgehead atoms. The molecule has 0 aliphatic carbocycles. The van der Waals surface area contributed by atoms with E-state index < -0.39 is 20.2 Å². The zero-order valence-corrected chi connectivity index (χ0v) is 13.5. The third-order valence-electron chi connectivity index (χ3n) is 3.36. The molecule has 23 heavy (non-hydrogen) atoms. The van der Waals surface area contributed by atoms with Crippen molar-refractivity contribution in [1.29, 1.82) is 0 Å². The molecule has 7 heteroatoms. The summed E-state index contributed by atoms with van der Waals surface area (Å²) in [5.41, 5.74) is -0.367. The minimum absolute atomic E-state index is 0.0259.